The third-order valence-corrected chi connectivity index (χ3v) is 6.12. The molecule has 0 saturated heterocycles. The molecule has 0 N–H and O–H groups in total. The van der Waals surface area contributed by atoms with E-state index in [1.165, 1.54) is 0 Å². The van der Waals surface area contributed by atoms with E-state index in [1.54, 1.807) is 0 Å². The van der Waals surface area contributed by atoms with Crippen LogP contribution in [0.5, 0.6) is 0 Å². The molecule has 0 aliphatic heterocycles. The summed E-state index contributed by atoms with van der Waals surface area (Å²) in [5, 5.41) is 1.42. The van der Waals surface area contributed by atoms with Gasteiger partial charge in [0.15, 0.2) is 12.4 Å². The maximum Gasteiger partial charge on any atom is 0.339 e. The zero-order valence-electron chi connectivity index (χ0n) is 18.6. The van der Waals surface area contributed by atoms with Crippen LogP contribution >= 0.6 is 11.6 Å². The predicted molar refractivity (Wildman–Crippen MR) is 129 cm³/mol. The number of nitrogens with zero attached hydrogens (tertiary/aromatic N) is 1. The van der Waals surface area contributed by atoms with Crippen LogP contribution in [0.3, 0.4) is 0 Å². The van der Waals surface area contributed by atoms with Gasteiger partial charge >= 0.3 is 5.97 Å². The van der Waals surface area contributed by atoms with Gasteiger partial charge in [0.25, 0.3) is 0 Å². The molecule has 0 atom stereocenters. The first-order chi connectivity index (χ1) is 15.3. The first kappa shape index (κ1) is 22.2. The number of carbonyl (C=O) groups excluding carboxylic acids is 2. The molecular weight excluding hydrogens is 422 g/mol. The summed E-state index contributed by atoms with van der Waals surface area (Å²) in [7, 11) is 0. The SMILES string of the molecule is CC(C)(C)C(=O)COC(=O)c1c2c(nc3ccccc13)C(=Cc1ccccc1Cl)CCC2. The molecule has 4 rings (SSSR count). The topological polar surface area (TPSA) is 56.3 Å². The van der Waals surface area contributed by atoms with E-state index in [1.807, 2.05) is 69.3 Å². The van der Waals surface area contributed by atoms with E-state index in [0.29, 0.717) is 10.6 Å². The number of para-hydroxylation sites is 1. The van der Waals surface area contributed by atoms with Gasteiger partial charge < -0.3 is 4.74 Å². The Bertz CT molecular complexity index is 1240. The first-order valence-electron chi connectivity index (χ1n) is 10.8. The smallest absolute Gasteiger partial charge is 0.339 e. The van der Waals surface area contributed by atoms with Crippen LogP contribution in [0.1, 0.15) is 60.8 Å². The number of aromatic nitrogens is 1. The highest BCUT2D eigenvalue weighted by Crippen LogP contribution is 2.37. The number of allylic oxidation sites excluding steroid dienone is 1. The Kier molecular flexibility index (Phi) is 6.16. The molecule has 0 bridgehead atoms. The summed E-state index contributed by atoms with van der Waals surface area (Å²) in [5.41, 5.74) is 4.33. The summed E-state index contributed by atoms with van der Waals surface area (Å²) in [4.78, 5) is 30.5. The summed E-state index contributed by atoms with van der Waals surface area (Å²) in [5.74, 6) is -0.589. The van der Waals surface area contributed by atoms with Gasteiger partial charge in [-0.25, -0.2) is 9.78 Å². The van der Waals surface area contributed by atoms with Gasteiger partial charge in [-0.1, -0.05) is 68.8 Å². The van der Waals surface area contributed by atoms with E-state index in [0.717, 1.165) is 52.6 Å². The maximum absolute atomic E-state index is 13.2. The van der Waals surface area contributed by atoms with Crippen LogP contribution in [0.25, 0.3) is 22.6 Å². The minimum Gasteiger partial charge on any atom is -0.454 e. The lowest BCUT2D eigenvalue weighted by Gasteiger charge is -2.23. The Morgan fingerprint density at radius 3 is 2.53 bits per heavy atom. The zero-order valence-corrected chi connectivity index (χ0v) is 19.3. The monoisotopic (exact) mass is 447 g/mol. The van der Waals surface area contributed by atoms with Crippen LogP contribution in [0.2, 0.25) is 5.02 Å². The zero-order chi connectivity index (χ0) is 22.9. The standard InChI is InChI=1S/C27H26ClNO3/c1-27(2,3)23(30)16-32-26(31)24-19-11-5-7-14-22(19)29-25-18(10-8-12-20(24)25)15-17-9-4-6-13-21(17)28/h4-7,9,11,13-15H,8,10,12,16H2,1-3H3. The number of Topliss-reactive ketones (excluding diaryl/α,β-unsaturated/α-hetero) is 1. The van der Waals surface area contributed by atoms with Crippen LogP contribution in [0, 0.1) is 5.41 Å². The molecule has 5 heteroatoms. The van der Waals surface area contributed by atoms with Crippen molar-refractivity contribution < 1.29 is 14.3 Å². The van der Waals surface area contributed by atoms with E-state index in [-0.39, 0.29) is 12.4 Å². The number of rotatable bonds is 4. The molecule has 3 aromatic rings. The number of ketones is 1. The van der Waals surface area contributed by atoms with Gasteiger partial charge in [0.2, 0.25) is 0 Å². The number of carbonyl (C=O) groups is 2. The van der Waals surface area contributed by atoms with Gasteiger partial charge in [0, 0.05) is 15.8 Å². The molecule has 1 aliphatic carbocycles. The van der Waals surface area contributed by atoms with Gasteiger partial charge in [-0.3, -0.25) is 4.79 Å². The van der Waals surface area contributed by atoms with Gasteiger partial charge in [-0.05, 0) is 54.2 Å². The average molecular weight is 448 g/mol. The lowest BCUT2D eigenvalue weighted by molar-refractivity contribution is -0.129. The Labute approximate surface area is 193 Å². The summed E-state index contributed by atoms with van der Waals surface area (Å²) in [6, 6.07) is 15.3. The molecule has 0 amide bonds. The third-order valence-electron chi connectivity index (χ3n) is 5.78. The Morgan fingerprint density at radius 1 is 1.06 bits per heavy atom. The van der Waals surface area contributed by atoms with E-state index in [4.69, 9.17) is 21.3 Å². The summed E-state index contributed by atoms with van der Waals surface area (Å²) >= 11 is 6.38. The number of fused-ring (bicyclic) bond motifs is 2. The van der Waals surface area contributed by atoms with Crippen molar-refractivity contribution in [2.75, 3.05) is 6.61 Å². The number of esters is 1. The van der Waals surface area contributed by atoms with Crippen LogP contribution in [0.4, 0.5) is 0 Å². The minimum atomic E-state index is -0.565. The highest BCUT2D eigenvalue weighted by molar-refractivity contribution is 6.32. The van der Waals surface area contributed by atoms with Crippen molar-refractivity contribution in [3.63, 3.8) is 0 Å². The Morgan fingerprint density at radius 2 is 1.78 bits per heavy atom. The maximum atomic E-state index is 13.2. The van der Waals surface area contributed by atoms with Gasteiger partial charge in [0.1, 0.15) is 0 Å². The summed E-state index contributed by atoms with van der Waals surface area (Å²) < 4.78 is 5.51. The third kappa shape index (κ3) is 4.46. The lowest BCUT2D eigenvalue weighted by Crippen LogP contribution is -2.27. The second-order valence-electron chi connectivity index (χ2n) is 9.13. The van der Waals surface area contributed by atoms with Crippen molar-refractivity contribution in [2.24, 2.45) is 5.41 Å². The minimum absolute atomic E-state index is 0.114. The number of pyridine rings is 1. The average Bonchev–Trinajstić information content (AvgIpc) is 2.76. The Balaban J connectivity index is 1.81. The normalized spacial score (nSPS) is 14.9. The van der Waals surface area contributed by atoms with Gasteiger partial charge in [0.05, 0.1) is 16.8 Å². The highest BCUT2D eigenvalue weighted by atomic mass is 35.5. The Hall–Kier alpha value is -2.98. The summed E-state index contributed by atoms with van der Waals surface area (Å²) in [6.45, 7) is 5.21. The molecule has 0 fully saturated rings. The molecule has 0 unspecified atom stereocenters. The van der Waals surface area contributed by atoms with Crippen molar-refractivity contribution in [1.82, 2.24) is 4.98 Å². The molecule has 164 valence electrons. The number of ether oxygens (including phenoxy) is 1. The molecule has 0 radical (unpaired) electrons. The quantitative estimate of drug-likeness (QED) is 0.426. The fraction of sp³-hybridized carbons (Fsp3) is 0.296. The second kappa shape index (κ2) is 8.87. The molecule has 1 aliphatic rings. The molecule has 32 heavy (non-hydrogen) atoms. The van der Waals surface area contributed by atoms with Crippen LogP contribution in [-0.2, 0) is 16.0 Å². The van der Waals surface area contributed by atoms with Crippen molar-refractivity contribution in [3.8, 4) is 0 Å². The molecule has 4 nitrogen and oxygen atoms in total. The summed E-state index contributed by atoms with van der Waals surface area (Å²) in [6.07, 6.45) is 4.52. The molecule has 2 aromatic carbocycles. The number of benzene rings is 2. The van der Waals surface area contributed by atoms with Crippen LogP contribution < -0.4 is 0 Å². The molecule has 0 spiro atoms. The van der Waals surface area contributed by atoms with Gasteiger partial charge in [-0.15, -0.1) is 0 Å². The van der Waals surface area contributed by atoms with Crippen molar-refractivity contribution in [1.29, 1.82) is 0 Å². The number of hydrogen-bond donors (Lipinski definition) is 0. The van der Waals surface area contributed by atoms with E-state index < -0.39 is 11.4 Å². The largest absolute Gasteiger partial charge is 0.454 e. The van der Waals surface area contributed by atoms with Crippen molar-refractivity contribution in [3.05, 3.63) is 75.9 Å². The molecular formula is C27H26ClNO3. The first-order valence-corrected chi connectivity index (χ1v) is 11.2. The lowest BCUT2D eigenvalue weighted by atomic mass is 9.86. The van der Waals surface area contributed by atoms with Crippen molar-refractivity contribution in [2.45, 2.75) is 40.0 Å². The number of hydrogen-bond acceptors (Lipinski definition) is 4. The highest BCUT2D eigenvalue weighted by Gasteiger charge is 2.28. The predicted octanol–water partition coefficient (Wildman–Crippen LogP) is 6.54. The van der Waals surface area contributed by atoms with Gasteiger partial charge in [-0.2, -0.15) is 0 Å². The number of halogens is 1. The van der Waals surface area contributed by atoms with Crippen LogP contribution in [0.15, 0.2) is 48.5 Å². The van der Waals surface area contributed by atoms with E-state index in [2.05, 4.69) is 6.08 Å². The fourth-order valence-electron chi connectivity index (χ4n) is 3.91. The van der Waals surface area contributed by atoms with Crippen LogP contribution in [-0.4, -0.2) is 23.3 Å². The molecule has 0 saturated carbocycles. The van der Waals surface area contributed by atoms with E-state index >= 15 is 0 Å². The molecule has 1 heterocycles. The molecule has 1 aromatic heterocycles. The fourth-order valence-corrected chi connectivity index (χ4v) is 4.10. The van der Waals surface area contributed by atoms with E-state index in [9.17, 15) is 9.59 Å². The van der Waals surface area contributed by atoms with Crippen molar-refractivity contribution >= 4 is 45.9 Å². The second-order valence-corrected chi connectivity index (χ2v) is 9.53.